The molecule has 0 spiro atoms. The maximum Gasteiger partial charge on any atom is 0.223 e. The maximum atomic E-state index is 12.6. The van der Waals surface area contributed by atoms with Crippen LogP contribution in [-0.4, -0.2) is 48.2 Å². The zero-order chi connectivity index (χ0) is 18.9. The van der Waals surface area contributed by atoms with Crippen molar-refractivity contribution in [3.8, 4) is 0 Å². The minimum Gasteiger partial charge on any atom is -0.354 e. The smallest absolute Gasteiger partial charge is 0.223 e. The van der Waals surface area contributed by atoms with E-state index in [9.17, 15) is 14.4 Å². The van der Waals surface area contributed by atoms with Crippen molar-refractivity contribution in [2.45, 2.75) is 51.5 Å². The fraction of sp³-hybridized carbons (Fsp3) is 0.550. The van der Waals surface area contributed by atoms with Gasteiger partial charge in [0.1, 0.15) is 0 Å². The van der Waals surface area contributed by atoms with E-state index in [2.05, 4.69) is 5.32 Å². The Bertz CT molecular complexity index is 628. The third-order valence-corrected chi connectivity index (χ3v) is 4.79. The van der Waals surface area contributed by atoms with Crippen molar-refractivity contribution in [1.82, 2.24) is 10.2 Å². The number of carbonyl (C=O) groups excluding carboxylic acids is 3. The van der Waals surface area contributed by atoms with Crippen molar-refractivity contribution >= 4 is 17.6 Å². The first-order valence-corrected chi connectivity index (χ1v) is 9.37. The molecule has 1 aliphatic rings. The summed E-state index contributed by atoms with van der Waals surface area (Å²) in [6.45, 7) is 3.44. The molecular weight excluding hydrogens is 330 g/mol. The first kappa shape index (κ1) is 20.1. The number of rotatable bonds is 8. The minimum atomic E-state index is -0.0833. The van der Waals surface area contributed by atoms with E-state index in [4.69, 9.17) is 5.73 Å². The summed E-state index contributed by atoms with van der Waals surface area (Å²) in [7, 11) is 0. The number of ketones is 1. The third kappa shape index (κ3) is 5.95. The summed E-state index contributed by atoms with van der Waals surface area (Å²) in [5, 5.41) is 2.85. The van der Waals surface area contributed by atoms with Crippen molar-refractivity contribution in [3.05, 3.63) is 35.4 Å². The van der Waals surface area contributed by atoms with E-state index in [1.807, 2.05) is 24.0 Å². The van der Waals surface area contributed by atoms with Crippen LogP contribution in [0, 0.1) is 6.92 Å². The summed E-state index contributed by atoms with van der Waals surface area (Å²) in [4.78, 5) is 38.3. The van der Waals surface area contributed by atoms with Crippen LogP contribution in [0.15, 0.2) is 24.3 Å². The van der Waals surface area contributed by atoms with Gasteiger partial charge in [-0.05, 0) is 26.2 Å². The summed E-state index contributed by atoms with van der Waals surface area (Å²) >= 11 is 0. The van der Waals surface area contributed by atoms with E-state index in [-0.39, 0.29) is 36.5 Å². The highest BCUT2D eigenvalue weighted by atomic mass is 16.2. The van der Waals surface area contributed by atoms with Crippen molar-refractivity contribution in [1.29, 1.82) is 0 Å². The van der Waals surface area contributed by atoms with Crippen molar-refractivity contribution in [2.24, 2.45) is 5.73 Å². The molecule has 26 heavy (non-hydrogen) atoms. The van der Waals surface area contributed by atoms with E-state index in [0.29, 0.717) is 31.6 Å². The molecule has 1 aromatic carbocycles. The van der Waals surface area contributed by atoms with Crippen LogP contribution < -0.4 is 11.1 Å². The molecule has 142 valence electrons. The van der Waals surface area contributed by atoms with Crippen LogP contribution in [0.25, 0.3) is 0 Å². The quantitative estimate of drug-likeness (QED) is 0.692. The normalized spacial score (nSPS) is 17.0. The molecule has 1 saturated heterocycles. The summed E-state index contributed by atoms with van der Waals surface area (Å²) in [6.07, 6.45) is 3.60. The van der Waals surface area contributed by atoms with Gasteiger partial charge in [-0.3, -0.25) is 14.4 Å². The number of likely N-dealkylation sites (tertiary alicyclic amines) is 1. The third-order valence-electron chi connectivity index (χ3n) is 4.79. The molecular formula is C20H29N3O3. The van der Waals surface area contributed by atoms with Gasteiger partial charge in [0, 0.05) is 50.5 Å². The summed E-state index contributed by atoms with van der Waals surface area (Å²) in [5.74, 6) is -0.105. The van der Waals surface area contributed by atoms with Gasteiger partial charge in [-0.15, -0.1) is 0 Å². The molecule has 2 amide bonds. The van der Waals surface area contributed by atoms with Crippen LogP contribution >= 0.6 is 0 Å². The van der Waals surface area contributed by atoms with E-state index in [1.54, 1.807) is 12.1 Å². The largest absolute Gasteiger partial charge is 0.354 e. The molecule has 6 nitrogen and oxygen atoms in total. The topological polar surface area (TPSA) is 92.5 Å². The molecule has 1 aromatic rings. The van der Waals surface area contributed by atoms with E-state index in [0.717, 1.165) is 24.8 Å². The molecule has 1 fully saturated rings. The number of benzene rings is 1. The van der Waals surface area contributed by atoms with Crippen LogP contribution in [-0.2, 0) is 9.59 Å². The second kappa shape index (κ2) is 10.1. The lowest BCUT2D eigenvalue weighted by Crippen LogP contribution is -2.49. The first-order valence-electron chi connectivity index (χ1n) is 9.37. The standard InChI is InChI=1S/C20H29N3O3/c1-15-5-7-16(8-6-15)18(24)9-10-20(26)23-13-3-2-4-17(23)14-22-19(25)11-12-21/h5-8,17H,2-4,9-14,21H2,1H3,(H,22,25). The molecule has 6 heteroatoms. The number of nitrogens with two attached hydrogens (primary N) is 1. The number of amides is 2. The van der Waals surface area contributed by atoms with E-state index < -0.39 is 0 Å². The number of aryl methyl sites for hydroxylation is 1. The molecule has 3 N–H and O–H groups in total. The molecule has 0 saturated carbocycles. The molecule has 0 bridgehead atoms. The number of hydrogen-bond acceptors (Lipinski definition) is 4. The molecule has 1 heterocycles. The molecule has 0 aromatic heterocycles. The lowest BCUT2D eigenvalue weighted by atomic mass is 10.00. The Labute approximate surface area is 155 Å². The Balaban J connectivity index is 1.86. The predicted molar refractivity (Wildman–Crippen MR) is 101 cm³/mol. The molecule has 1 unspecified atom stereocenters. The predicted octanol–water partition coefficient (Wildman–Crippen LogP) is 1.80. The number of nitrogens with zero attached hydrogens (tertiary/aromatic N) is 1. The number of Topliss-reactive ketones (excluding diaryl/α,β-unsaturated/α-hetero) is 1. The van der Waals surface area contributed by atoms with Crippen molar-refractivity contribution < 1.29 is 14.4 Å². The average Bonchev–Trinajstić information content (AvgIpc) is 2.65. The van der Waals surface area contributed by atoms with Gasteiger partial charge in [0.15, 0.2) is 5.78 Å². The van der Waals surface area contributed by atoms with Crippen LogP contribution in [0.5, 0.6) is 0 Å². The maximum absolute atomic E-state index is 12.6. The van der Waals surface area contributed by atoms with Gasteiger partial charge in [-0.25, -0.2) is 0 Å². The average molecular weight is 359 g/mol. The highest BCUT2D eigenvalue weighted by Gasteiger charge is 2.27. The van der Waals surface area contributed by atoms with Gasteiger partial charge in [0.25, 0.3) is 0 Å². The first-order chi connectivity index (χ1) is 12.5. The molecule has 1 atom stereocenters. The van der Waals surface area contributed by atoms with Crippen molar-refractivity contribution in [3.63, 3.8) is 0 Å². The van der Waals surface area contributed by atoms with E-state index >= 15 is 0 Å². The Morgan fingerprint density at radius 2 is 1.85 bits per heavy atom. The fourth-order valence-electron chi connectivity index (χ4n) is 3.24. The fourth-order valence-corrected chi connectivity index (χ4v) is 3.24. The highest BCUT2D eigenvalue weighted by molar-refractivity contribution is 5.98. The zero-order valence-electron chi connectivity index (χ0n) is 15.5. The summed E-state index contributed by atoms with van der Waals surface area (Å²) < 4.78 is 0. The monoisotopic (exact) mass is 359 g/mol. The summed E-state index contributed by atoms with van der Waals surface area (Å²) in [6, 6.07) is 7.42. The van der Waals surface area contributed by atoms with Gasteiger partial charge >= 0.3 is 0 Å². The Morgan fingerprint density at radius 1 is 1.12 bits per heavy atom. The van der Waals surface area contributed by atoms with Crippen LogP contribution in [0.3, 0.4) is 0 Å². The van der Waals surface area contributed by atoms with Crippen LogP contribution in [0.2, 0.25) is 0 Å². The van der Waals surface area contributed by atoms with Gasteiger partial charge < -0.3 is 16.0 Å². The number of carbonyl (C=O) groups is 3. The minimum absolute atomic E-state index is 0.00690. The lowest BCUT2D eigenvalue weighted by molar-refractivity contribution is -0.135. The van der Waals surface area contributed by atoms with Gasteiger partial charge in [0.2, 0.25) is 11.8 Å². The summed E-state index contributed by atoms with van der Waals surface area (Å²) in [5.41, 5.74) is 7.13. The van der Waals surface area contributed by atoms with Crippen molar-refractivity contribution in [2.75, 3.05) is 19.6 Å². The second-order valence-corrected chi connectivity index (χ2v) is 6.87. The second-order valence-electron chi connectivity index (χ2n) is 6.87. The van der Waals surface area contributed by atoms with Gasteiger partial charge in [0.05, 0.1) is 0 Å². The van der Waals surface area contributed by atoms with Crippen LogP contribution in [0.4, 0.5) is 0 Å². The Kier molecular flexibility index (Phi) is 7.78. The van der Waals surface area contributed by atoms with Gasteiger partial charge in [-0.2, -0.15) is 0 Å². The highest BCUT2D eigenvalue weighted by Crippen LogP contribution is 2.18. The Hall–Kier alpha value is -2.21. The SMILES string of the molecule is Cc1ccc(C(=O)CCC(=O)N2CCCCC2CNC(=O)CCN)cc1. The lowest BCUT2D eigenvalue weighted by Gasteiger charge is -2.36. The van der Waals surface area contributed by atoms with E-state index in [1.165, 1.54) is 0 Å². The number of hydrogen-bond donors (Lipinski definition) is 2. The number of piperidine rings is 1. The number of nitrogens with one attached hydrogen (secondary N) is 1. The molecule has 2 rings (SSSR count). The van der Waals surface area contributed by atoms with Crippen LogP contribution in [0.1, 0.15) is 54.4 Å². The Morgan fingerprint density at radius 3 is 2.54 bits per heavy atom. The molecule has 1 aliphatic heterocycles. The zero-order valence-corrected chi connectivity index (χ0v) is 15.5. The molecule has 0 radical (unpaired) electrons. The molecule has 0 aliphatic carbocycles. The van der Waals surface area contributed by atoms with Gasteiger partial charge in [-0.1, -0.05) is 29.8 Å².